The first-order valence-electron chi connectivity index (χ1n) is 14.0. The number of anilines is 1. The molecule has 8 nitrogen and oxygen atoms in total. The number of hydrogen-bond donors (Lipinski definition) is 1. The van der Waals surface area contributed by atoms with Gasteiger partial charge in [-0.1, -0.05) is 65.8 Å². The van der Waals surface area contributed by atoms with E-state index in [4.69, 9.17) is 39.5 Å². The van der Waals surface area contributed by atoms with E-state index in [0.717, 1.165) is 30.0 Å². The van der Waals surface area contributed by atoms with Crippen LogP contribution in [0.4, 0.5) is 5.69 Å². The molecule has 1 saturated carbocycles. The van der Waals surface area contributed by atoms with E-state index in [2.05, 4.69) is 5.32 Å². The zero-order valence-electron chi connectivity index (χ0n) is 23.9. The summed E-state index contributed by atoms with van der Waals surface area (Å²) in [5.74, 6) is -0.647. The largest absolute Gasteiger partial charge is 0.492 e. The van der Waals surface area contributed by atoms with Crippen molar-refractivity contribution in [2.75, 3.05) is 17.5 Å². The number of nitrogens with zero attached hydrogens (tertiary/aromatic N) is 2. The standard InChI is InChI=1S/C31H34Cl3N3O5S/c1-3-42-29-11-7-6-10-28(29)37(43(40,41)26-16-14-23(32)15-17-26)20-30(38)36(19-22-12-13-24(33)18-27(22)34)21(2)31(39)35-25-8-4-5-9-25/h6-7,10-18,21,25H,3-5,8-9,19-20H2,1-2H3,(H,35,39)/t21-/m0/s1. The molecule has 1 aliphatic carbocycles. The summed E-state index contributed by atoms with van der Waals surface area (Å²) in [6.07, 6.45) is 3.80. The molecular weight excluding hydrogens is 633 g/mol. The SMILES string of the molecule is CCOc1ccccc1N(CC(=O)N(Cc1ccc(Cl)cc1Cl)[C@@H](C)C(=O)NC1CCCC1)S(=O)(=O)c1ccc(Cl)cc1. The molecule has 1 aliphatic rings. The van der Waals surface area contributed by atoms with Gasteiger partial charge in [-0.25, -0.2) is 8.42 Å². The summed E-state index contributed by atoms with van der Waals surface area (Å²) in [5.41, 5.74) is 0.738. The maximum Gasteiger partial charge on any atom is 0.264 e. The molecule has 0 unspecified atom stereocenters. The van der Waals surface area contributed by atoms with Crippen molar-refractivity contribution < 1.29 is 22.7 Å². The fourth-order valence-electron chi connectivity index (χ4n) is 5.00. The number of hydrogen-bond acceptors (Lipinski definition) is 5. The summed E-state index contributed by atoms with van der Waals surface area (Å²) in [4.78, 5) is 28.9. The van der Waals surface area contributed by atoms with Crippen LogP contribution in [0.25, 0.3) is 0 Å². The van der Waals surface area contributed by atoms with E-state index in [1.807, 2.05) is 0 Å². The van der Waals surface area contributed by atoms with Gasteiger partial charge in [0.1, 0.15) is 18.3 Å². The van der Waals surface area contributed by atoms with Crippen molar-refractivity contribution >= 4 is 62.3 Å². The van der Waals surface area contributed by atoms with Crippen molar-refractivity contribution in [3.05, 3.63) is 87.4 Å². The topological polar surface area (TPSA) is 96.0 Å². The van der Waals surface area contributed by atoms with Crippen LogP contribution < -0.4 is 14.4 Å². The molecule has 0 aromatic heterocycles. The number of carbonyl (C=O) groups is 2. The lowest BCUT2D eigenvalue weighted by molar-refractivity contribution is -0.139. The minimum atomic E-state index is -4.29. The first-order valence-corrected chi connectivity index (χ1v) is 16.6. The first kappa shape index (κ1) is 32.9. The summed E-state index contributed by atoms with van der Waals surface area (Å²) < 4.78 is 34.9. The molecule has 2 amide bonds. The quantitative estimate of drug-likeness (QED) is 0.232. The third kappa shape index (κ3) is 8.15. The third-order valence-corrected chi connectivity index (χ3v) is 9.95. The highest BCUT2D eigenvalue weighted by molar-refractivity contribution is 7.92. The molecule has 1 N–H and O–H groups in total. The summed E-state index contributed by atoms with van der Waals surface area (Å²) in [5, 5.41) is 4.15. The van der Waals surface area contributed by atoms with Crippen molar-refractivity contribution in [2.24, 2.45) is 0 Å². The molecule has 3 aromatic carbocycles. The molecule has 0 saturated heterocycles. The molecule has 12 heteroatoms. The molecule has 0 radical (unpaired) electrons. The normalized spacial score (nSPS) is 14.3. The van der Waals surface area contributed by atoms with Gasteiger partial charge in [0.05, 0.1) is 17.2 Å². The summed E-state index contributed by atoms with van der Waals surface area (Å²) >= 11 is 18.6. The zero-order valence-corrected chi connectivity index (χ0v) is 27.0. The van der Waals surface area contributed by atoms with Crippen molar-refractivity contribution in [3.63, 3.8) is 0 Å². The molecule has 0 heterocycles. The van der Waals surface area contributed by atoms with Gasteiger partial charge in [0.25, 0.3) is 10.0 Å². The van der Waals surface area contributed by atoms with Crippen molar-refractivity contribution in [2.45, 2.75) is 63.1 Å². The van der Waals surface area contributed by atoms with Crippen LogP contribution in [0.3, 0.4) is 0 Å². The molecule has 1 atom stereocenters. The van der Waals surface area contributed by atoms with Gasteiger partial charge < -0.3 is 15.0 Å². The second-order valence-electron chi connectivity index (χ2n) is 10.3. The molecule has 0 aliphatic heterocycles. The second kappa shape index (κ2) is 14.7. The Bertz CT molecular complexity index is 1550. The predicted molar refractivity (Wildman–Crippen MR) is 170 cm³/mol. The number of sulfonamides is 1. The monoisotopic (exact) mass is 665 g/mol. The Balaban J connectivity index is 1.74. The fraction of sp³-hybridized carbons (Fsp3) is 0.355. The third-order valence-electron chi connectivity index (χ3n) is 7.34. The molecule has 0 bridgehead atoms. The van der Waals surface area contributed by atoms with Gasteiger partial charge in [0.2, 0.25) is 11.8 Å². The lowest BCUT2D eigenvalue weighted by atomic mass is 10.1. The molecule has 3 aromatic rings. The van der Waals surface area contributed by atoms with Crippen molar-refractivity contribution in [3.8, 4) is 5.75 Å². The lowest BCUT2D eigenvalue weighted by Crippen LogP contribution is -2.52. The summed E-state index contributed by atoms with van der Waals surface area (Å²) in [6, 6.07) is 16.3. The maximum absolute atomic E-state index is 14.2. The van der Waals surface area contributed by atoms with Crippen LogP contribution in [-0.2, 0) is 26.2 Å². The van der Waals surface area contributed by atoms with E-state index >= 15 is 0 Å². The summed E-state index contributed by atoms with van der Waals surface area (Å²) in [7, 11) is -4.29. The van der Waals surface area contributed by atoms with E-state index in [0.29, 0.717) is 20.6 Å². The number of carbonyl (C=O) groups excluding carboxylic acids is 2. The Hall–Kier alpha value is -2.98. The van der Waals surface area contributed by atoms with Gasteiger partial charge in [-0.05, 0) is 80.8 Å². The molecule has 4 rings (SSSR count). The predicted octanol–water partition coefficient (Wildman–Crippen LogP) is 6.72. The van der Waals surface area contributed by atoms with E-state index in [-0.39, 0.29) is 41.4 Å². The van der Waals surface area contributed by atoms with Gasteiger partial charge in [-0.15, -0.1) is 0 Å². The molecule has 1 fully saturated rings. The average Bonchev–Trinajstić information content (AvgIpc) is 3.49. The van der Waals surface area contributed by atoms with Crippen LogP contribution in [0, 0.1) is 0 Å². The molecule has 43 heavy (non-hydrogen) atoms. The van der Waals surface area contributed by atoms with E-state index in [9.17, 15) is 18.0 Å². The van der Waals surface area contributed by atoms with Gasteiger partial charge in [0.15, 0.2) is 0 Å². The van der Waals surface area contributed by atoms with Crippen LogP contribution in [-0.4, -0.2) is 50.4 Å². The highest BCUT2D eigenvalue weighted by Crippen LogP contribution is 2.33. The molecular formula is C31H34Cl3N3O5S. The second-order valence-corrected chi connectivity index (χ2v) is 13.4. The fourth-order valence-corrected chi connectivity index (χ4v) is 7.01. The van der Waals surface area contributed by atoms with Crippen molar-refractivity contribution in [1.82, 2.24) is 10.2 Å². The van der Waals surface area contributed by atoms with Crippen LogP contribution in [0.5, 0.6) is 5.75 Å². The molecule has 0 spiro atoms. The minimum Gasteiger partial charge on any atom is -0.492 e. The van der Waals surface area contributed by atoms with Crippen molar-refractivity contribution in [1.29, 1.82) is 0 Å². The van der Waals surface area contributed by atoms with Gasteiger partial charge in [-0.2, -0.15) is 0 Å². The molecule has 230 valence electrons. The maximum atomic E-state index is 14.2. The van der Waals surface area contributed by atoms with E-state index < -0.39 is 28.5 Å². The Kier molecular flexibility index (Phi) is 11.2. The highest BCUT2D eigenvalue weighted by atomic mass is 35.5. The van der Waals surface area contributed by atoms with Crippen LogP contribution in [0.1, 0.15) is 45.1 Å². The smallest absolute Gasteiger partial charge is 0.264 e. The number of amides is 2. The Labute approximate surface area is 267 Å². The number of halogens is 3. The summed E-state index contributed by atoms with van der Waals surface area (Å²) in [6.45, 7) is 3.02. The van der Waals surface area contributed by atoms with Gasteiger partial charge in [0, 0.05) is 27.7 Å². The number of para-hydroxylation sites is 2. The van der Waals surface area contributed by atoms with Crippen LogP contribution in [0.15, 0.2) is 71.6 Å². The van der Waals surface area contributed by atoms with Gasteiger partial charge >= 0.3 is 0 Å². The average molecular weight is 667 g/mol. The minimum absolute atomic E-state index is 0.0332. The van der Waals surface area contributed by atoms with E-state index in [1.165, 1.54) is 29.2 Å². The first-order chi connectivity index (χ1) is 20.5. The van der Waals surface area contributed by atoms with Crippen LogP contribution in [0.2, 0.25) is 15.1 Å². The number of nitrogens with one attached hydrogen (secondary N) is 1. The Morgan fingerprint density at radius 1 is 0.977 bits per heavy atom. The van der Waals surface area contributed by atoms with Gasteiger partial charge in [-0.3, -0.25) is 13.9 Å². The number of ether oxygens (including phenoxy) is 1. The highest BCUT2D eigenvalue weighted by Gasteiger charge is 2.34. The Morgan fingerprint density at radius 3 is 2.28 bits per heavy atom. The number of rotatable bonds is 12. The van der Waals surface area contributed by atoms with Crippen LogP contribution >= 0.6 is 34.8 Å². The van der Waals surface area contributed by atoms with E-state index in [1.54, 1.807) is 56.3 Å². The Morgan fingerprint density at radius 2 is 1.63 bits per heavy atom. The number of benzene rings is 3. The zero-order chi connectivity index (χ0) is 31.1. The lowest BCUT2D eigenvalue weighted by Gasteiger charge is -2.33.